The van der Waals surface area contributed by atoms with Gasteiger partial charge in [0, 0.05) is 57.0 Å². The Morgan fingerprint density at radius 3 is 2.74 bits per heavy atom. The van der Waals surface area contributed by atoms with Crippen molar-refractivity contribution in [3.8, 4) is 0 Å². The summed E-state index contributed by atoms with van der Waals surface area (Å²) in [5.74, 6) is 1.76. The number of nitrogens with zero attached hydrogens (tertiary/aromatic N) is 3. The maximum atomic E-state index is 4.28. The fraction of sp³-hybridized carbons (Fsp3) is 0.474. The van der Waals surface area contributed by atoms with Crippen LogP contribution in [-0.2, 0) is 44.5 Å². The number of fused-ring (bicyclic) bond motifs is 1. The average Bonchev–Trinajstić information content (AvgIpc) is 3.19. The van der Waals surface area contributed by atoms with Crippen LogP contribution in [0.3, 0.4) is 0 Å². The zero-order chi connectivity index (χ0) is 15.4. The Morgan fingerprint density at radius 1 is 1.26 bits per heavy atom. The van der Waals surface area contributed by atoms with E-state index in [1.807, 2.05) is 13.8 Å². The molecular formula is C19H24N3Y-. The van der Waals surface area contributed by atoms with Gasteiger partial charge in [-0.05, 0) is 30.9 Å². The molecule has 0 N–H and O–H groups in total. The topological polar surface area (TPSA) is 29.0 Å². The second-order valence-corrected chi connectivity index (χ2v) is 6.01. The molecule has 1 aliphatic carbocycles. The summed E-state index contributed by atoms with van der Waals surface area (Å²) >= 11 is 0. The van der Waals surface area contributed by atoms with E-state index in [4.69, 9.17) is 0 Å². The van der Waals surface area contributed by atoms with E-state index in [0.717, 1.165) is 24.7 Å². The Labute approximate surface area is 164 Å². The molecule has 1 unspecified atom stereocenters. The fourth-order valence-corrected chi connectivity index (χ4v) is 3.65. The molecule has 2 fully saturated rings. The molecule has 1 saturated heterocycles. The van der Waals surface area contributed by atoms with Gasteiger partial charge in [-0.1, -0.05) is 56.6 Å². The minimum atomic E-state index is 0. The van der Waals surface area contributed by atoms with Crippen LogP contribution in [-0.4, -0.2) is 34.5 Å². The van der Waals surface area contributed by atoms with Gasteiger partial charge in [0.15, 0.2) is 0 Å². The average molecular weight is 383 g/mol. The van der Waals surface area contributed by atoms with Gasteiger partial charge in [-0.2, -0.15) is 0 Å². The Morgan fingerprint density at radius 2 is 2.04 bits per heavy atom. The van der Waals surface area contributed by atoms with Crippen LogP contribution in [0.15, 0.2) is 42.6 Å². The van der Waals surface area contributed by atoms with Gasteiger partial charge in [0.1, 0.15) is 0 Å². The van der Waals surface area contributed by atoms with Gasteiger partial charge in [-0.3, -0.25) is 0 Å². The van der Waals surface area contributed by atoms with Crippen molar-refractivity contribution in [2.24, 2.45) is 5.92 Å². The second-order valence-electron chi connectivity index (χ2n) is 6.01. The van der Waals surface area contributed by atoms with E-state index >= 15 is 0 Å². The van der Waals surface area contributed by atoms with E-state index < -0.39 is 0 Å². The first kappa shape index (κ1) is 18.7. The van der Waals surface area contributed by atoms with Gasteiger partial charge in [-0.15, -0.1) is 6.07 Å². The largest absolute Gasteiger partial charge is 0.373 e. The molecule has 2 heterocycles. The summed E-state index contributed by atoms with van der Waals surface area (Å²) in [5.41, 5.74) is 1.97. The monoisotopic (exact) mass is 383 g/mol. The van der Waals surface area contributed by atoms with Crippen molar-refractivity contribution in [1.29, 1.82) is 0 Å². The van der Waals surface area contributed by atoms with E-state index in [9.17, 15) is 0 Å². The van der Waals surface area contributed by atoms with Crippen LogP contribution in [0.1, 0.15) is 31.7 Å². The SMILES string of the molecule is CC.[Y].[c-]1ccnc(CCN2C[C@@H]3CC3(c3ccccc3)C2)n1. The van der Waals surface area contributed by atoms with Gasteiger partial charge < -0.3 is 14.9 Å². The maximum Gasteiger partial charge on any atom is 0.0148 e. The van der Waals surface area contributed by atoms with E-state index in [2.05, 4.69) is 51.4 Å². The molecular weight excluding hydrogens is 359 g/mol. The quantitative estimate of drug-likeness (QED) is 0.760. The molecule has 0 bridgehead atoms. The molecule has 3 nitrogen and oxygen atoms in total. The molecule has 1 aromatic carbocycles. The van der Waals surface area contributed by atoms with Gasteiger partial charge in [-0.25, -0.2) is 0 Å². The van der Waals surface area contributed by atoms with Crippen molar-refractivity contribution in [2.75, 3.05) is 19.6 Å². The summed E-state index contributed by atoms with van der Waals surface area (Å²) in [6.45, 7) is 7.48. The molecule has 1 saturated carbocycles. The van der Waals surface area contributed by atoms with E-state index in [1.54, 1.807) is 12.3 Å². The summed E-state index contributed by atoms with van der Waals surface area (Å²) in [6, 6.07) is 12.8. The third kappa shape index (κ3) is 4.07. The van der Waals surface area contributed by atoms with Crippen LogP contribution in [0, 0.1) is 12.1 Å². The fourth-order valence-electron chi connectivity index (χ4n) is 3.65. The Hall–Kier alpha value is -0.636. The zero-order valence-corrected chi connectivity index (χ0v) is 16.9. The van der Waals surface area contributed by atoms with Crippen LogP contribution in [0.5, 0.6) is 0 Å². The molecule has 1 aromatic heterocycles. The molecule has 2 atom stereocenters. The summed E-state index contributed by atoms with van der Waals surface area (Å²) in [4.78, 5) is 11.0. The standard InChI is InChI=1S/C17H18N3.C2H6.Y/c1-2-5-14(6-3-1)17-11-15(17)12-20(13-17)10-7-16-18-8-4-9-19-16;1-2;/h1-6,8,15H,7,10-13H2;1-2H3;/q-1;;/t15-,17?;;/m0../s1. The van der Waals surface area contributed by atoms with E-state index in [-0.39, 0.29) is 32.7 Å². The first-order chi connectivity index (χ1) is 10.9. The maximum absolute atomic E-state index is 4.28. The van der Waals surface area contributed by atoms with Gasteiger partial charge in [0.25, 0.3) is 0 Å². The van der Waals surface area contributed by atoms with Crippen molar-refractivity contribution in [1.82, 2.24) is 14.9 Å². The molecule has 0 amide bonds. The molecule has 1 radical (unpaired) electrons. The number of hydrogen-bond donors (Lipinski definition) is 0. The predicted molar refractivity (Wildman–Crippen MR) is 88.6 cm³/mol. The minimum absolute atomic E-state index is 0. The summed E-state index contributed by atoms with van der Waals surface area (Å²) in [6.07, 6.45) is 6.92. The van der Waals surface area contributed by atoms with Crippen molar-refractivity contribution >= 4 is 0 Å². The number of rotatable bonds is 4. The van der Waals surface area contributed by atoms with Crippen molar-refractivity contribution < 1.29 is 32.7 Å². The molecule has 4 heteroatoms. The third-order valence-electron chi connectivity index (χ3n) is 4.78. The van der Waals surface area contributed by atoms with E-state index in [1.165, 1.54) is 25.1 Å². The number of piperidine rings is 1. The molecule has 119 valence electrons. The summed E-state index contributed by atoms with van der Waals surface area (Å²) < 4.78 is 0. The van der Waals surface area contributed by atoms with Crippen molar-refractivity contribution in [2.45, 2.75) is 32.1 Å². The van der Waals surface area contributed by atoms with Crippen LogP contribution < -0.4 is 0 Å². The first-order valence-corrected chi connectivity index (χ1v) is 8.33. The second kappa shape index (κ2) is 8.46. The number of aromatic nitrogens is 2. The third-order valence-corrected chi connectivity index (χ3v) is 4.78. The Kier molecular flexibility index (Phi) is 6.88. The first-order valence-electron chi connectivity index (χ1n) is 8.33. The van der Waals surface area contributed by atoms with E-state index in [0.29, 0.717) is 5.41 Å². The molecule has 1 aliphatic heterocycles. The number of hydrogen-bond acceptors (Lipinski definition) is 3. The van der Waals surface area contributed by atoms with Crippen LogP contribution in [0.4, 0.5) is 0 Å². The Bertz CT molecular complexity index is 590. The molecule has 23 heavy (non-hydrogen) atoms. The van der Waals surface area contributed by atoms with Crippen LogP contribution in [0.25, 0.3) is 0 Å². The van der Waals surface area contributed by atoms with Crippen LogP contribution >= 0.6 is 0 Å². The molecule has 2 aromatic rings. The summed E-state index contributed by atoms with van der Waals surface area (Å²) in [7, 11) is 0. The number of benzene rings is 1. The van der Waals surface area contributed by atoms with Gasteiger partial charge in [0.2, 0.25) is 0 Å². The van der Waals surface area contributed by atoms with Crippen molar-refractivity contribution in [3.05, 3.63) is 60.2 Å². The zero-order valence-electron chi connectivity index (χ0n) is 14.1. The summed E-state index contributed by atoms with van der Waals surface area (Å²) in [5, 5.41) is 0. The predicted octanol–water partition coefficient (Wildman–Crippen LogP) is 3.12. The smallest absolute Gasteiger partial charge is 0.0148 e. The van der Waals surface area contributed by atoms with Gasteiger partial charge in [0.05, 0.1) is 0 Å². The molecule has 2 aliphatic rings. The minimum Gasteiger partial charge on any atom is -0.373 e. The molecule has 0 spiro atoms. The van der Waals surface area contributed by atoms with Gasteiger partial charge >= 0.3 is 0 Å². The van der Waals surface area contributed by atoms with Crippen molar-refractivity contribution in [3.63, 3.8) is 0 Å². The Balaban J connectivity index is 0.000000617. The van der Waals surface area contributed by atoms with Crippen LogP contribution in [0.2, 0.25) is 0 Å². The molecule has 4 rings (SSSR count). The normalized spacial score (nSPS) is 24.9. The number of likely N-dealkylation sites (tertiary alicyclic amines) is 1.